The number of fused-ring (bicyclic) bond motifs is 1. The quantitative estimate of drug-likeness (QED) is 0.810. The lowest BCUT2D eigenvalue weighted by molar-refractivity contribution is 0.759. The van der Waals surface area contributed by atoms with E-state index in [-0.39, 0.29) is 0 Å². The highest BCUT2D eigenvalue weighted by Crippen LogP contribution is 2.35. The van der Waals surface area contributed by atoms with Crippen LogP contribution >= 0.6 is 11.8 Å². The summed E-state index contributed by atoms with van der Waals surface area (Å²) in [5.74, 6) is 0. The predicted octanol–water partition coefficient (Wildman–Crippen LogP) is 4.51. The van der Waals surface area contributed by atoms with Crippen molar-refractivity contribution in [1.82, 2.24) is 0 Å². The second-order valence-electron chi connectivity index (χ2n) is 4.63. The molecule has 2 aromatic carbocycles. The highest BCUT2D eigenvalue weighted by molar-refractivity contribution is 7.98. The van der Waals surface area contributed by atoms with Crippen LogP contribution in [-0.4, -0.2) is 6.26 Å². The normalized spacial score (nSPS) is 17.5. The van der Waals surface area contributed by atoms with E-state index in [0.29, 0.717) is 6.04 Å². The molecule has 1 unspecified atom stereocenters. The van der Waals surface area contributed by atoms with Crippen molar-refractivity contribution in [3.05, 3.63) is 59.7 Å². The van der Waals surface area contributed by atoms with E-state index in [4.69, 9.17) is 0 Å². The summed E-state index contributed by atoms with van der Waals surface area (Å²) in [5.41, 5.74) is 4.22. The van der Waals surface area contributed by atoms with Crippen molar-refractivity contribution in [1.29, 1.82) is 0 Å². The number of hydrogen-bond acceptors (Lipinski definition) is 2. The second kappa shape index (κ2) is 5.07. The minimum Gasteiger partial charge on any atom is -0.377 e. The fourth-order valence-electron chi connectivity index (χ4n) is 2.66. The monoisotopic (exact) mass is 255 g/mol. The number of aryl methyl sites for hydroxylation is 1. The number of rotatable bonds is 3. The zero-order chi connectivity index (χ0) is 12.4. The van der Waals surface area contributed by atoms with Gasteiger partial charge in [0, 0.05) is 10.6 Å². The summed E-state index contributed by atoms with van der Waals surface area (Å²) < 4.78 is 0. The van der Waals surface area contributed by atoms with Gasteiger partial charge in [0.2, 0.25) is 0 Å². The molecule has 0 bridgehead atoms. The molecule has 0 radical (unpaired) electrons. The van der Waals surface area contributed by atoms with E-state index < -0.39 is 0 Å². The third kappa shape index (κ3) is 2.13. The average molecular weight is 255 g/mol. The maximum absolute atomic E-state index is 3.70. The van der Waals surface area contributed by atoms with Crippen LogP contribution in [0.15, 0.2) is 53.4 Å². The van der Waals surface area contributed by atoms with E-state index >= 15 is 0 Å². The fourth-order valence-corrected chi connectivity index (χ4v) is 3.22. The largest absolute Gasteiger partial charge is 0.377 e. The lowest BCUT2D eigenvalue weighted by Crippen LogP contribution is -2.07. The third-order valence-corrected chi connectivity index (χ3v) is 4.37. The molecule has 0 heterocycles. The summed E-state index contributed by atoms with van der Waals surface area (Å²) in [5, 5.41) is 3.70. The van der Waals surface area contributed by atoms with E-state index in [0.717, 1.165) is 0 Å². The van der Waals surface area contributed by atoms with Crippen molar-refractivity contribution in [3.63, 3.8) is 0 Å². The lowest BCUT2D eigenvalue weighted by atomic mass is 10.1. The number of thioether (sulfide) groups is 1. The molecule has 1 atom stereocenters. The van der Waals surface area contributed by atoms with Crippen LogP contribution in [0.4, 0.5) is 5.69 Å². The van der Waals surface area contributed by atoms with Gasteiger partial charge >= 0.3 is 0 Å². The molecule has 1 aliphatic carbocycles. The third-order valence-electron chi connectivity index (χ3n) is 3.57. The molecule has 1 N–H and O–H groups in total. The van der Waals surface area contributed by atoms with E-state index in [1.54, 1.807) is 11.8 Å². The Morgan fingerprint density at radius 1 is 1.06 bits per heavy atom. The molecule has 0 fully saturated rings. The Morgan fingerprint density at radius 2 is 1.83 bits per heavy atom. The zero-order valence-electron chi connectivity index (χ0n) is 10.5. The molecule has 1 aliphatic rings. The van der Waals surface area contributed by atoms with Crippen molar-refractivity contribution in [3.8, 4) is 0 Å². The molecule has 0 amide bonds. The summed E-state index contributed by atoms with van der Waals surface area (Å²) in [7, 11) is 0. The van der Waals surface area contributed by atoms with Crippen molar-refractivity contribution in [2.24, 2.45) is 0 Å². The number of hydrogen-bond donors (Lipinski definition) is 1. The Hall–Kier alpha value is -1.41. The van der Waals surface area contributed by atoms with Crippen LogP contribution in [0.1, 0.15) is 23.6 Å². The van der Waals surface area contributed by atoms with Gasteiger partial charge in [-0.25, -0.2) is 0 Å². The van der Waals surface area contributed by atoms with Crippen molar-refractivity contribution >= 4 is 17.4 Å². The van der Waals surface area contributed by atoms with E-state index in [9.17, 15) is 0 Å². The SMILES string of the molecule is CSc1ccccc1NC1CCc2ccccc21. The smallest absolute Gasteiger partial charge is 0.0520 e. The predicted molar refractivity (Wildman–Crippen MR) is 79.3 cm³/mol. The van der Waals surface area contributed by atoms with Gasteiger partial charge in [0.25, 0.3) is 0 Å². The van der Waals surface area contributed by atoms with Gasteiger partial charge in [0.1, 0.15) is 0 Å². The van der Waals surface area contributed by atoms with Crippen LogP contribution < -0.4 is 5.32 Å². The maximum atomic E-state index is 3.70. The van der Waals surface area contributed by atoms with Gasteiger partial charge in [-0.2, -0.15) is 0 Å². The molecule has 0 saturated carbocycles. The summed E-state index contributed by atoms with van der Waals surface area (Å²) in [6, 6.07) is 17.8. The minimum absolute atomic E-state index is 0.467. The Balaban J connectivity index is 1.86. The molecule has 3 rings (SSSR count). The van der Waals surface area contributed by atoms with Crippen LogP contribution in [0, 0.1) is 0 Å². The van der Waals surface area contributed by atoms with Gasteiger partial charge in [0.05, 0.1) is 6.04 Å². The summed E-state index contributed by atoms with van der Waals surface area (Å²) in [6.07, 6.45) is 4.51. The Morgan fingerprint density at radius 3 is 2.72 bits per heavy atom. The molecule has 1 nitrogen and oxygen atoms in total. The number of para-hydroxylation sites is 1. The van der Waals surface area contributed by atoms with E-state index in [2.05, 4.69) is 60.1 Å². The minimum atomic E-state index is 0.467. The van der Waals surface area contributed by atoms with Crippen molar-refractivity contribution < 1.29 is 0 Å². The van der Waals surface area contributed by atoms with Crippen molar-refractivity contribution in [2.75, 3.05) is 11.6 Å². The molecule has 0 saturated heterocycles. The van der Waals surface area contributed by atoms with Gasteiger partial charge < -0.3 is 5.32 Å². The van der Waals surface area contributed by atoms with Crippen LogP contribution in [0.5, 0.6) is 0 Å². The molecule has 2 heteroatoms. The van der Waals surface area contributed by atoms with Crippen LogP contribution in [0.3, 0.4) is 0 Å². The highest BCUT2D eigenvalue weighted by atomic mass is 32.2. The second-order valence-corrected chi connectivity index (χ2v) is 5.48. The standard InChI is InChI=1S/C16H17NS/c1-18-16-9-5-4-8-15(16)17-14-11-10-12-6-2-3-7-13(12)14/h2-9,14,17H,10-11H2,1H3. The molecular formula is C16H17NS. The number of anilines is 1. The fraction of sp³-hybridized carbons (Fsp3) is 0.250. The molecular weight excluding hydrogens is 238 g/mol. The van der Waals surface area contributed by atoms with Crippen LogP contribution in [0.2, 0.25) is 0 Å². The molecule has 0 spiro atoms. The Bertz CT molecular complexity index is 550. The van der Waals surface area contributed by atoms with Crippen LogP contribution in [-0.2, 0) is 6.42 Å². The first kappa shape index (κ1) is 11.7. The average Bonchev–Trinajstić information content (AvgIpc) is 2.83. The summed E-state index contributed by atoms with van der Waals surface area (Å²) >= 11 is 1.80. The van der Waals surface area contributed by atoms with E-state index in [1.807, 2.05) is 0 Å². The summed E-state index contributed by atoms with van der Waals surface area (Å²) in [6.45, 7) is 0. The lowest BCUT2D eigenvalue weighted by Gasteiger charge is -2.17. The van der Waals surface area contributed by atoms with Gasteiger partial charge in [-0.15, -0.1) is 11.8 Å². The van der Waals surface area contributed by atoms with Crippen molar-refractivity contribution in [2.45, 2.75) is 23.8 Å². The maximum Gasteiger partial charge on any atom is 0.0520 e. The molecule has 2 aromatic rings. The number of benzene rings is 2. The summed E-state index contributed by atoms with van der Waals surface area (Å²) in [4.78, 5) is 1.32. The molecule has 0 aromatic heterocycles. The first-order valence-electron chi connectivity index (χ1n) is 6.36. The van der Waals surface area contributed by atoms with Gasteiger partial charge in [-0.05, 0) is 42.4 Å². The first-order valence-corrected chi connectivity index (χ1v) is 7.58. The van der Waals surface area contributed by atoms with Crippen LogP contribution in [0.25, 0.3) is 0 Å². The van der Waals surface area contributed by atoms with E-state index in [1.165, 1.54) is 34.6 Å². The first-order chi connectivity index (χ1) is 8.88. The van der Waals surface area contributed by atoms with Gasteiger partial charge in [-0.1, -0.05) is 36.4 Å². The molecule has 0 aliphatic heterocycles. The topological polar surface area (TPSA) is 12.0 Å². The molecule has 92 valence electrons. The Kier molecular flexibility index (Phi) is 3.28. The zero-order valence-corrected chi connectivity index (χ0v) is 11.3. The van der Waals surface area contributed by atoms with Gasteiger partial charge in [0.15, 0.2) is 0 Å². The molecule has 18 heavy (non-hydrogen) atoms. The highest BCUT2D eigenvalue weighted by Gasteiger charge is 2.21. The van der Waals surface area contributed by atoms with Gasteiger partial charge in [-0.3, -0.25) is 0 Å². The Labute approximate surface area is 113 Å². The number of nitrogens with one attached hydrogen (secondary N) is 1.